The second kappa shape index (κ2) is 10.7. The van der Waals surface area contributed by atoms with Crippen LogP contribution in [-0.2, 0) is 16.4 Å². The Morgan fingerprint density at radius 3 is 2.31 bits per heavy atom. The van der Waals surface area contributed by atoms with Gasteiger partial charge in [0.25, 0.3) is 15.9 Å². The topological polar surface area (TPSA) is 66.5 Å². The van der Waals surface area contributed by atoms with E-state index in [2.05, 4.69) is 30.4 Å². The van der Waals surface area contributed by atoms with E-state index in [4.69, 9.17) is 0 Å². The molecule has 7 heteroatoms. The van der Waals surface area contributed by atoms with Crippen molar-refractivity contribution in [1.82, 2.24) is 5.32 Å². The SMILES string of the molecule is CSc1ccc(S(=O)(=O)N(C)c2ccc(C(=O)NCCCc3cccc(C)c3)cc2)cc1. The summed E-state index contributed by atoms with van der Waals surface area (Å²) in [5.74, 6) is -0.168. The zero-order chi connectivity index (χ0) is 23.1. The standard InChI is InChI=1S/C25H28N2O3S2/c1-19-6-4-7-20(18-19)8-5-17-26-25(28)21-9-11-22(12-10-21)27(2)32(29,30)24-15-13-23(31-3)14-16-24/h4,6-7,9-16,18H,5,8,17H2,1-3H3,(H,26,28). The minimum Gasteiger partial charge on any atom is -0.352 e. The first-order chi connectivity index (χ1) is 15.3. The van der Waals surface area contributed by atoms with Gasteiger partial charge in [0, 0.05) is 24.1 Å². The van der Waals surface area contributed by atoms with Crippen LogP contribution in [-0.4, -0.2) is 34.2 Å². The first-order valence-electron chi connectivity index (χ1n) is 10.4. The van der Waals surface area contributed by atoms with Gasteiger partial charge in [0.1, 0.15) is 0 Å². The van der Waals surface area contributed by atoms with E-state index in [9.17, 15) is 13.2 Å². The van der Waals surface area contributed by atoms with Crippen LogP contribution in [0, 0.1) is 6.92 Å². The molecule has 5 nitrogen and oxygen atoms in total. The van der Waals surface area contributed by atoms with Gasteiger partial charge >= 0.3 is 0 Å². The number of hydrogen-bond donors (Lipinski definition) is 1. The zero-order valence-electron chi connectivity index (χ0n) is 18.5. The van der Waals surface area contributed by atoms with Gasteiger partial charge < -0.3 is 5.32 Å². The molecule has 0 aromatic heterocycles. The molecule has 1 amide bonds. The van der Waals surface area contributed by atoms with E-state index >= 15 is 0 Å². The molecule has 0 fully saturated rings. The maximum Gasteiger partial charge on any atom is 0.264 e. The number of amides is 1. The number of anilines is 1. The molecule has 168 valence electrons. The predicted molar refractivity (Wildman–Crippen MR) is 132 cm³/mol. The molecular formula is C25H28N2O3S2. The Hall–Kier alpha value is -2.77. The molecule has 0 aliphatic carbocycles. The lowest BCUT2D eigenvalue weighted by Gasteiger charge is -2.20. The third-order valence-electron chi connectivity index (χ3n) is 5.22. The summed E-state index contributed by atoms with van der Waals surface area (Å²) in [5, 5.41) is 2.93. The fourth-order valence-electron chi connectivity index (χ4n) is 3.33. The molecule has 3 aromatic carbocycles. The molecule has 0 atom stereocenters. The Morgan fingerprint density at radius 1 is 1.00 bits per heavy atom. The second-order valence-corrected chi connectivity index (χ2v) is 10.4. The summed E-state index contributed by atoms with van der Waals surface area (Å²) in [6.07, 6.45) is 3.70. The molecule has 3 aromatic rings. The molecule has 0 spiro atoms. The van der Waals surface area contributed by atoms with Crippen LogP contribution in [0.25, 0.3) is 0 Å². The van der Waals surface area contributed by atoms with Crippen molar-refractivity contribution in [3.05, 3.63) is 89.5 Å². The van der Waals surface area contributed by atoms with Crippen LogP contribution in [0.3, 0.4) is 0 Å². The summed E-state index contributed by atoms with van der Waals surface area (Å²) in [6, 6.07) is 21.7. The van der Waals surface area contributed by atoms with Gasteiger partial charge in [0.15, 0.2) is 0 Å². The van der Waals surface area contributed by atoms with E-state index in [0.717, 1.165) is 17.7 Å². The molecule has 0 heterocycles. The lowest BCUT2D eigenvalue weighted by atomic mass is 10.1. The van der Waals surface area contributed by atoms with Crippen LogP contribution >= 0.6 is 11.8 Å². The molecular weight excluding hydrogens is 440 g/mol. The summed E-state index contributed by atoms with van der Waals surface area (Å²) in [6.45, 7) is 2.65. The average Bonchev–Trinajstić information content (AvgIpc) is 2.81. The van der Waals surface area contributed by atoms with Crippen LogP contribution in [0.2, 0.25) is 0 Å². The van der Waals surface area contributed by atoms with E-state index < -0.39 is 10.0 Å². The number of rotatable bonds is 9. The molecule has 0 saturated carbocycles. The van der Waals surface area contributed by atoms with E-state index in [1.165, 1.54) is 22.5 Å². The van der Waals surface area contributed by atoms with Crippen molar-refractivity contribution in [2.45, 2.75) is 29.6 Å². The first-order valence-corrected chi connectivity index (χ1v) is 13.0. The lowest BCUT2D eigenvalue weighted by molar-refractivity contribution is 0.0953. The smallest absolute Gasteiger partial charge is 0.264 e. The number of sulfonamides is 1. The maximum absolute atomic E-state index is 12.9. The minimum atomic E-state index is -3.67. The van der Waals surface area contributed by atoms with Crippen molar-refractivity contribution in [2.24, 2.45) is 0 Å². The Balaban J connectivity index is 1.57. The highest BCUT2D eigenvalue weighted by Crippen LogP contribution is 2.24. The van der Waals surface area contributed by atoms with Crippen LogP contribution in [0.15, 0.2) is 82.6 Å². The summed E-state index contributed by atoms with van der Waals surface area (Å²) >= 11 is 1.56. The maximum atomic E-state index is 12.9. The third kappa shape index (κ3) is 5.93. The normalized spacial score (nSPS) is 11.2. The van der Waals surface area contributed by atoms with Crippen LogP contribution < -0.4 is 9.62 Å². The largest absolute Gasteiger partial charge is 0.352 e. The Bertz CT molecular complexity index is 1160. The number of benzene rings is 3. The Labute approximate surface area is 194 Å². The van der Waals surface area contributed by atoms with Gasteiger partial charge in [-0.2, -0.15) is 0 Å². The van der Waals surface area contributed by atoms with Crippen molar-refractivity contribution in [3.63, 3.8) is 0 Å². The third-order valence-corrected chi connectivity index (χ3v) is 7.76. The van der Waals surface area contributed by atoms with Gasteiger partial charge in [-0.1, -0.05) is 29.8 Å². The van der Waals surface area contributed by atoms with Crippen molar-refractivity contribution < 1.29 is 13.2 Å². The fourth-order valence-corrected chi connectivity index (χ4v) is 4.94. The van der Waals surface area contributed by atoms with E-state index in [1.807, 2.05) is 12.3 Å². The average molecular weight is 469 g/mol. The highest BCUT2D eigenvalue weighted by atomic mass is 32.2. The number of nitrogens with zero attached hydrogens (tertiary/aromatic N) is 1. The number of nitrogens with one attached hydrogen (secondary N) is 1. The van der Waals surface area contributed by atoms with Crippen molar-refractivity contribution >= 4 is 33.4 Å². The number of thioether (sulfide) groups is 1. The fraction of sp³-hybridized carbons (Fsp3) is 0.240. The number of aryl methyl sites for hydroxylation is 2. The monoisotopic (exact) mass is 468 g/mol. The number of carbonyl (C=O) groups is 1. The molecule has 0 aliphatic heterocycles. The molecule has 32 heavy (non-hydrogen) atoms. The summed E-state index contributed by atoms with van der Waals surface area (Å²) < 4.78 is 27.0. The molecule has 0 aliphatic rings. The summed E-state index contributed by atoms with van der Waals surface area (Å²) in [5.41, 5.74) is 3.49. The van der Waals surface area contributed by atoms with E-state index in [1.54, 1.807) is 60.3 Å². The quantitative estimate of drug-likeness (QED) is 0.358. The van der Waals surface area contributed by atoms with Crippen molar-refractivity contribution in [1.29, 1.82) is 0 Å². The Kier molecular flexibility index (Phi) is 7.99. The minimum absolute atomic E-state index is 0.168. The summed E-state index contributed by atoms with van der Waals surface area (Å²) in [7, 11) is -2.16. The van der Waals surface area contributed by atoms with Gasteiger partial charge in [-0.3, -0.25) is 9.10 Å². The molecule has 0 radical (unpaired) electrons. The molecule has 3 rings (SSSR count). The number of hydrogen-bond acceptors (Lipinski definition) is 4. The van der Waals surface area contributed by atoms with Crippen LogP contribution in [0.5, 0.6) is 0 Å². The van der Waals surface area contributed by atoms with Crippen LogP contribution in [0.1, 0.15) is 27.9 Å². The Morgan fingerprint density at radius 2 is 1.69 bits per heavy atom. The van der Waals surface area contributed by atoms with Gasteiger partial charge in [0.05, 0.1) is 10.6 Å². The van der Waals surface area contributed by atoms with Gasteiger partial charge in [-0.05, 0) is 80.1 Å². The molecule has 0 unspecified atom stereocenters. The highest BCUT2D eigenvalue weighted by Gasteiger charge is 2.21. The lowest BCUT2D eigenvalue weighted by Crippen LogP contribution is -2.27. The number of carbonyl (C=O) groups excluding carboxylic acids is 1. The first kappa shape index (κ1) is 23.9. The molecule has 1 N–H and O–H groups in total. The predicted octanol–water partition coefficient (Wildman–Crippen LogP) is 4.90. The van der Waals surface area contributed by atoms with E-state index in [-0.39, 0.29) is 10.8 Å². The van der Waals surface area contributed by atoms with Gasteiger partial charge in [0.2, 0.25) is 0 Å². The molecule has 0 bridgehead atoms. The van der Waals surface area contributed by atoms with Gasteiger partial charge in [-0.25, -0.2) is 8.42 Å². The van der Waals surface area contributed by atoms with E-state index in [0.29, 0.717) is 17.8 Å². The second-order valence-electron chi connectivity index (χ2n) is 7.54. The van der Waals surface area contributed by atoms with Crippen LogP contribution in [0.4, 0.5) is 5.69 Å². The highest BCUT2D eigenvalue weighted by molar-refractivity contribution is 7.98. The van der Waals surface area contributed by atoms with Crippen molar-refractivity contribution in [2.75, 3.05) is 24.2 Å². The van der Waals surface area contributed by atoms with Gasteiger partial charge in [-0.15, -0.1) is 11.8 Å². The van der Waals surface area contributed by atoms with Crippen molar-refractivity contribution in [3.8, 4) is 0 Å². The summed E-state index contributed by atoms with van der Waals surface area (Å²) in [4.78, 5) is 13.7. The zero-order valence-corrected chi connectivity index (χ0v) is 20.2. The molecule has 0 saturated heterocycles.